The van der Waals surface area contributed by atoms with E-state index in [2.05, 4.69) is 11.4 Å². The molecule has 0 fully saturated rings. The van der Waals surface area contributed by atoms with Crippen LogP contribution in [0.5, 0.6) is 0 Å². The third-order valence-corrected chi connectivity index (χ3v) is 2.54. The molecule has 1 N–H and O–H groups in total. The minimum atomic E-state index is 0.0441. The topological polar surface area (TPSA) is 69.3 Å². The largest absolute Gasteiger partial charge is 0.467 e. The number of rotatable bonds is 8. The van der Waals surface area contributed by atoms with Gasteiger partial charge in [-0.15, -0.1) is 0 Å². The zero-order chi connectivity index (χ0) is 13.2. The highest BCUT2D eigenvalue weighted by atomic mass is 16.3. The average Bonchev–Trinajstić information content (AvgIpc) is 2.87. The van der Waals surface area contributed by atoms with Crippen LogP contribution in [0.4, 0.5) is 0 Å². The Hall–Kier alpha value is -1.80. The van der Waals surface area contributed by atoms with Crippen molar-refractivity contribution in [2.24, 2.45) is 0 Å². The summed E-state index contributed by atoms with van der Waals surface area (Å²) >= 11 is 0. The lowest BCUT2D eigenvalue weighted by Gasteiger charge is -2.20. The fourth-order valence-corrected chi connectivity index (χ4v) is 1.60. The average molecular weight is 249 g/mol. The first-order valence-electron chi connectivity index (χ1n) is 6.15. The zero-order valence-electron chi connectivity index (χ0n) is 10.7. The lowest BCUT2D eigenvalue weighted by molar-refractivity contribution is -0.131. The fourth-order valence-electron chi connectivity index (χ4n) is 1.60. The molecule has 0 saturated carbocycles. The Kier molecular flexibility index (Phi) is 6.59. The smallest absolute Gasteiger partial charge is 0.224 e. The van der Waals surface area contributed by atoms with E-state index in [0.29, 0.717) is 32.5 Å². The SMILES string of the molecule is CCNCCC(=O)N(CCC#N)Cc1ccco1. The molecule has 0 aliphatic carbocycles. The van der Waals surface area contributed by atoms with Crippen molar-refractivity contribution in [1.29, 1.82) is 5.26 Å². The molecule has 1 rings (SSSR count). The van der Waals surface area contributed by atoms with Gasteiger partial charge >= 0.3 is 0 Å². The van der Waals surface area contributed by atoms with E-state index in [1.807, 2.05) is 13.0 Å². The number of furan rings is 1. The molecule has 5 nitrogen and oxygen atoms in total. The second-order valence-corrected chi connectivity index (χ2v) is 3.91. The monoisotopic (exact) mass is 249 g/mol. The van der Waals surface area contributed by atoms with Gasteiger partial charge in [-0.1, -0.05) is 6.92 Å². The lowest BCUT2D eigenvalue weighted by Crippen LogP contribution is -2.33. The molecule has 0 aromatic carbocycles. The van der Waals surface area contributed by atoms with Crippen molar-refractivity contribution in [3.05, 3.63) is 24.2 Å². The summed E-state index contributed by atoms with van der Waals surface area (Å²) in [5.41, 5.74) is 0. The summed E-state index contributed by atoms with van der Waals surface area (Å²) in [6, 6.07) is 5.68. The summed E-state index contributed by atoms with van der Waals surface area (Å²) < 4.78 is 5.23. The van der Waals surface area contributed by atoms with E-state index in [1.54, 1.807) is 17.2 Å². The van der Waals surface area contributed by atoms with E-state index in [0.717, 1.165) is 12.3 Å². The normalized spacial score (nSPS) is 10.0. The molecule has 1 aromatic rings. The molecular weight excluding hydrogens is 230 g/mol. The molecule has 0 aliphatic heterocycles. The van der Waals surface area contributed by atoms with Crippen LogP contribution in [0.25, 0.3) is 0 Å². The molecular formula is C13H19N3O2. The van der Waals surface area contributed by atoms with Gasteiger partial charge in [0.1, 0.15) is 5.76 Å². The van der Waals surface area contributed by atoms with Crippen LogP contribution in [-0.2, 0) is 11.3 Å². The molecule has 0 spiro atoms. The van der Waals surface area contributed by atoms with Gasteiger partial charge in [0.15, 0.2) is 0 Å². The van der Waals surface area contributed by atoms with Crippen LogP contribution in [0.15, 0.2) is 22.8 Å². The van der Waals surface area contributed by atoms with Crippen molar-refractivity contribution in [2.45, 2.75) is 26.3 Å². The van der Waals surface area contributed by atoms with Crippen molar-refractivity contribution in [1.82, 2.24) is 10.2 Å². The quantitative estimate of drug-likeness (QED) is 0.709. The Labute approximate surface area is 107 Å². The molecule has 1 aromatic heterocycles. The van der Waals surface area contributed by atoms with Crippen LogP contribution < -0.4 is 5.32 Å². The molecule has 18 heavy (non-hydrogen) atoms. The van der Waals surface area contributed by atoms with Crippen LogP contribution in [0.3, 0.4) is 0 Å². The molecule has 1 heterocycles. The molecule has 0 radical (unpaired) electrons. The highest BCUT2D eigenvalue weighted by Gasteiger charge is 2.14. The van der Waals surface area contributed by atoms with Crippen LogP contribution in [0.2, 0.25) is 0 Å². The van der Waals surface area contributed by atoms with Crippen molar-refractivity contribution in [3.8, 4) is 6.07 Å². The Morgan fingerprint density at radius 2 is 2.44 bits per heavy atom. The summed E-state index contributed by atoms with van der Waals surface area (Å²) in [6.45, 7) is 4.39. The van der Waals surface area contributed by atoms with E-state index < -0.39 is 0 Å². The standard InChI is InChI=1S/C13H19N3O2/c1-2-15-8-6-13(17)16(9-4-7-14)11-12-5-3-10-18-12/h3,5,10,15H,2,4,6,8-9,11H2,1H3. The van der Waals surface area contributed by atoms with Gasteiger partial charge in [-0.2, -0.15) is 5.26 Å². The molecule has 0 saturated heterocycles. The molecule has 0 aliphatic rings. The summed E-state index contributed by atoms with van der Waals surface area (Å²) in [4.78, 5) is 13.7. The minimum Gasteiger partial charge on any atom is -0.467 e. The second kappa shape index (κ2) is 8.31. The molecule has 0 atom stereocenters. The predicted octanol–water partition coefficient (Wildman–Crippen LogP) is 1.52. The minimum absolute atomic E-state index is 0.0441. The maximum absolute atomic E-state index is 12.0. The number of nitrogens with one attached hydrogen (secondary N) is 1. The molecule has 5 heteroatoms. The number of carbonyl (C=O) groups is 1. The van der Waals surface area contributed by atoms with Gasteiger partial charge < -0.3 is 14.6 Å². The molecule has 1 amide bonds. The summed E-state index contributed by atoms with van der Waals surface area (Å²) in [5, 5.41) is 11.7. The van der Waals surface area contributed by atoms with Gasteiger partial charge in [0.25, 0.3) is 0 Å². The zero-order valence-corrected chi connectivity index (χ0v) is 10.7. The number of hydrogen-bond donors (Lipinski definition) is 1. The van der Waals surface area contributed by atoms with Crippen LogP contribution in [-0.4, -0.2) is 30.4 Å². The van der Waals surface area contributed by atoms with Crippen LogP contribution in [0.1, 0.15) is 25.5 Å². The van der Waals surface area contributed by atoms with Gasteiger partial charge in [0, 0.05) is 19.5 Å². The first-order chi connectivity index (χ1) is 8.77. The highest BCUT2D eigenvalue weighted by Crippen LogP contribution is 2.07. The first kappa shape index (κ1) is 14.3. The van der Waals surface area contributed by atoms with Gasteiger partial charge in [0.05, 0.1) is 25.3 Å². The van der Waals surface area contributed by atoms with Gasteiger partial charge in [-0.05, 0) is 18.7 Å². The van der Waals surface area contributed by atoms with E-state index in [1.165, 1.54) is 0 Å². The Bertz CT molecular complexity index is 381. The second-order valence-electron chi connectivity index (χ2n) is 3.91. The summed E-state index contributed by atoms with van der Waals surface area (Å²) in [7, 11) is 0. The molecule has 98 valence electrons. The number of nitriles is 1. The Morgan fingerprint density at radius 3 is 3.06 bits per heavy atom. The van der Waals surface area contributed by atoms with Crippen molar-refractivity contribution >= 4 is 5.91 Å². The van der Waals surface area contributed by atoms with E-state index in [9.17, 15) is 4.79 Å². The van der Waals surface area contributed by atoms with Crippen LogP contribution in [0, 0.1) is 11.3 Å². The third kappa shape index (κ3) is 5.02. The van der Waals surface area contributed by atoms with Crippen molar-refractivity contribution in [3.63, 3.8) is 0 Å². The van der Waals surface area contributed by atoms with Gasteiger partial charge in [-0.3, -0.25) is 4.79 Å². The maximum atomic E-state index is 12.0. The third-order valence-electron chi connectivity index (χ3n) is 2.54. The van der Waals surface area contributed by atoms with Crippen molar-refractivity contribution in [2.75, 3.05) is 19.6 Å². The maximum Gasteiger partial charge on any atom is 0.224 e. The highest BCUT2D eigenvalue weighted by molar-refractivity contribution is 5.76. The number of amides is 1. The Morgan fingerprint density at radius 1 is 1.61 bits per heavy atom. The number of nitrogens with zero attached hydrogens (tertiary/aromatic N) is 2. The van der Waals surface area contributed by atoms with Crippen molar-refractivity contribution < 1.29 is 9.21 Å². The predicted molar refractivity (Wildman–Crippen MR) is 67.5 cm³/mol. The molecule has 0 bridgehead atoms. The molecule has 0 unspecified atom stereocenters. The first-order valence-corrected chi connectivity index (χ1v) is 6.15. The number of carbonyl (C=O) groups excluding carboxylic acids is 1. The van der Waals surface area contributed by atoms with Crippen LogP contribution >= 0.6 is 0 Å². The fraction of sp³-hybridized carbons (Fsp3) is 0.538. The van der Waals surface area contributed by atoms with Gasteiger partial charge in [0.2, 0.25) is 5.91 Å². The van der Waals surface area contributed by atoms with E-state index >= 15 is 0 Å². The summed E-state index contributed by atoms with van der Waals surface area (Å²) in [6.07, 6.45) is 2.37. The number of hydrogen-bond acceptors (Lipinski definition) is 4. The van der Waals surface area contributed by atoms with E-state index in [-0.39, 0.29) is 5.91 Å². The summed E-state index contributed by atoms with van der Waals surface area (Å²) in [5.74, 6) is 0.785. The van der Waals surface area contributed by atoms with E-state index in [4.69, 9.17) is 9.68 Å². The Balaban J connectivity index is 2.48. The lowest BCUT2D eigenvalue weighted by atomic mass is 10.3. The van der Waals surface area contributed by atoms with Gasteiger partial charge in [-0.25, -0.2) is 0 Å².